The van der Waals surface area contributed by atoms with Crippen LogP contribution in [0.3, 0.4) is 0 Å². The number of carbonyl (C=O) groups is 2. The van der Waals surface area contributed by atoms with Gasteiger partial charge in [-0.05, 0) is 48.0 Å². The van der Waals surface area contributed by atoms with Gasteiger partial charge in [-0.2, -0.15) is 0 Å². The van der Waals surface area contributed by atoms with Gasteiger partial charge in [-0.1, -0.05) is 0 Å². The second kappa shape index (κ2) is 15.7. The van der Waals surface area contributed by atoms with Crippen molar-refractivity contribution in [3.05, 3.63) is 0 Å². The van der Waals surface area contributed by atoms with E-state index in [1.165, 1.54) is 0 Å². The zero-order valence-corrected chi connectivity index (χ0v) is 27.3. The third kappa shape index (κ3) is 10.3. The van der Waals surface area contributed by atoms with Gasteiger partial charge in [0.05, 0.1) is 18.7 Å². The molecular formula is C28H52N4O15. The van der Waals surface area contributed by atoms with E-state index >= 15 is 0 Å². The molecule has 274 valence electrons. The molecule has 0 bridgehead atoms. The summed E-state index contributed by atoms with van der Waals surface area (Å²) in [5, 5.41) is 78.9. The number of amides is 2. The Kier molecular flexibility index (Phi) is 13.2. The van der Waals surface area contributed by atoms with Gasteiger partial charge < -0.3 is 86.3 Å². The van der Waals surface area contributed by atoms with Gasteiger partial charge in [0.25, 0.3) is 0 Å². The fourth-order valence-corrected chi connectivity index (χ4v) is 5.43. The minimum absolute atomic E-state index is 0.135. The fourth-order valence-electron chi connectivity index (χ4n) is 5.43. The monoisotopic (exact) mass is 684 g/mol. The van der Waals surface area contributed by atoms with Gasteiger partial charge in [0.1, 0.15) is 72.2 Å². The highest BCUT2D eigenvalue weighted by molar-refractivity contribution is 5.68. The molecule has 3 fully saturated rings. The second-order valence-electron chi connectivity index (χ2n) is 14.0. The van der Waals surface area contributed by atoms with Crippen molar-refractivity contribution in [1.82, 2.24) is 10.6 Å². The first kappa shape index (κ1) is 39.5. The maximum Gasteiger partial charge on any atom is 0.407 e. The Bertz CT molecular complexity index is 1040. The van der Waals surface area contributed by atoms with Crippen molar-refractivity contribution in [2.45, 2.75) is 151 Å². The lowest BCUT2D eigenvalue weighted by Crippen LogP contribution is -2.69. The minimum Gasteiger partial charge on any atom is -0.444 e. The summed E-state index contributed by atoms with van der Waals surface area (Å²) in [6, 6.07) is -3.45. The van der Waals surface area contributed by atoms with Crippen molar-refractivity contribution in [1.29, 1.82) is 0 Å². The van der Waals surface area contributed by atoms with E-state index in [0.717, 1.165) is 0 Å². The Morgan fingerprint density at radius 1 is 0.723 bits per heavy atom. The molecule has 2 heterocycles. The standard InChI is InChI=1S/C28H52N4O15/c1-27(2,3)46-25(40)31-8-12-16(35)18(37)19(38)24(42-12)45-22-11(32-26(41)47-28(4,5)6)7-10(29)21(20(22)39)44-23-17(36)14(30)15(34)13(9-33)43-23/h10-24,33-39H,7-9,29-30H2,1-6H3,(H,31,40)(H,32,41). The van der Waals surface area contributed by atoms with Crippen molar-refractivity contribution >= 4 is 12.2 Å². The highest BCUT2D eigenvalue weighted by Crippen LogP contribution is 2.32. The number of nitrogens with two attached hydrogens (primary N) is 2. The number of nitrogens with one attached hydrogen (secondary N) is 2. The number of hydrogen-bond donors (Lipinski definition) is 11. The van der Waals surface area contributed by atoms with Crippen molar-refractivity contribution in [3.63, 3.8) is 0 Å². The quantitative estimate of drug-likeness (QED) is 0.116. The first-order chi connectivity index (χ1) is 21.6. The molecule has 2 aliphatic heterocycles. The summed E-state index contributed by atoms with van der Waals surface area (Å²) < 4.78 is 33.5. The van der Waals surface area contributed by atoms with Crippen LogP contribution in [0.25, 0.3) is 0 Å². The predicted molar refractivity (Wildman–Crippen MR) is 158 cm³/mol. The van der Waals surface area contributed by atoms with Crippen molar-refractivity contribution in [3.8, 4) is 0 Å². The van der Waals surface area contributed by atoms with Gasteiger partial charge in [0.2, 0.25) is 0 Å². The molecular weight excluding hydrogens is 632 g/mol. The normalized spacial score (nSPS) is 41.6. The third-order valence-corrected chi connectivity index (χ3v) is 7.75. The molecule has 0 radical (unpaired) electrons. The molecule has 19 heteroatoms. The highest BCUT2D eigenvalue weighted by Gasteiger charge is 2.53. The van der Waals surface area contributed by atoms with Crippen molar-refractivity contribution < 1.29 is 73.8 Å². The summed E-state index contributed by atoms with van der Waals surface area (Å²) in [6.07, 6.45) is -20.8. The van der Waals surface area contributed by atoms with Gasteiger partial charge in [-0.3, -0.25) is 0 Å². The zero-order valence-electron chi connectivity index (χ0n) is 27.3. The van der Waals surface area contributed by atoms with Crippen LogP contribution in [0.1, 0.15) is 48.0 Å². The maximum absolute atomic E-state index is 12.8. The molecule has 2 saturated heterocycles. The molecule has 3 aliphatic rings. The average Bonchev–Trinajstić information content (AvgIpc) is 2.94. The Morgan fingerprint density at radius 2 is 1.26 bits per heavy atom. The lowest BCUT2D eigenvalue weighted by Gasteiger charge is -2.48. The van der Waals surface area contributed by atoms with E-state index < -0.39 is 122 Å². The molecule has 0 aromatic carbocycles. The maximum atomic E-state index is 12.8. The lowest BCUT2D eigenvalue weighted by atomic mass is 9.83. The fraction of sp³-hybridized carbons (Fsp3) is 0.929. The van der Waals surface area contributed by atoms with Gasteiger partial charge in [0, 0.05) is 12.6 Å². The first-order valence-electron chi connectivity index (χ1n) is 15.4. The van der Waals surface area contributed by atoms with E-state index in [-0.39, 0.29) is 13.0 Å². The van der Waals surface area contributed by atoms with Crippen LogP contribution >= 0.6 is 0 Å². The lowest BCUT2D eigenvalue weighted by molar-refractivity contribution is -0.333. The average molecular weight is 685 g/mol. The van der Waals surface area contributed by atoms with Gasteiger partial charge in [0.15, 0.2) is 12.6 Å². The van der Waals surface area contributed by atoms with Gasteiger partial charge >= 0.3 is 12.2 Å². The second-order valence-corrected chi connectivity index (χ2v) is 14.0. The van der Waals surface area contributed by atoms with E-state index in [4.69, 9.17) is 39.9 Å². The minimum atomic E-state index is -1.87. The molecule has 19 nitrogen and oxygen atoms in total. The largest absolute Gasteiger partial charge is 0.444 e. The van der Waals surface area contributed by atoms with Crippen LogP contribution in [0.2, 0.25) is 0 Å². The number of rotatable bonds is 8. The smallest absolute Gasteiger partial charge is 0.407 e. The van der Waals surface area contributed by atoms with E-state index in [2.05, 4.69) is 10.6 Å². The summed E-state index contributed by atoms with van der Waals surface area (Å²) in [5.74, 6) is 0. The molecule has 1 aliphatic carbocycles. The molecule has 15 unspecified atom stereocenters. The van der Waals surface area contributed by atoms with Crippen LogP contribution in [0.4, 0.5) is 9.59 Å². The number of ether oxygens (including phenoxy) is 6. The topological polar surface area (TPSA) is 307 Å². The Hall–Kier alpha value is -1.98. The molecule has 47 heavy (non-hydrogen) atoms. The third-order valence-electron chi connectivity index (χ3n) is 7.75. The summed E-state index contributed by atoms with van der Waals surface area (Å²) in [4.78, 5) is 24.9. The number of carbonyl (C=O) groups excluding carboxylic acids is 2. The Morgan fingerprint density at radius 3 is 1.83 bits per heavy atom. The molecule has 3 rings (SSSR count). The van der Waals surface area contributed by atoms with Gasteiger partial charge in [-0.25, -0.2) is 9.59 Å². The molecule has 1 saturated carbocycles. The van der Waals surface area contributed by atoms with Crippen molar-refractivity contribution in [2.24, 2.45) is 11.5 Å². The summed E-state index contributed by atoms with van der Waals surface area (Å²) >= 11 is 0. The van der Waals surface area contributed by atoms with Crippen LogP contribution in [-0.2, 0) is 28.4 Å². The van der Waals surface area contributed by atoms with Crippen LogP contribution in [0, 0.1) is 0 Å². The molecule has 15 atom stereocenters. The van der Waals surface area contributed by atoms with Gasteiger partial charge in [-0.15, -0.1) is 0 Å². The van der Waals surface area contributed by atoms with E-state index in [0.29, 0.717) is 0 Å². The summed E-state index contributed by atoms with van der Waals surface area (Å²) in [6.45, 7) is 8.79. The summed E-state index contributed by atoms with van der Waals surface area (Å²) in [7, 11) is 0. The predicted octanol–water partition coefficient (Wildman–Crippen LogP) is -4.16. The van der Waals surface area contributed by atoms with Crippen LogP contribution < -0.4 is 22.1 Å². The van der Waals surface area contributed by atoms with E-state index in [1.807, 2.05) is 0 Å². The van der Waals surface area contributed by atoms with E-state index in [9.17, 15) is 45.3 Å². The highest BCUT2D eigenvalue weighted by atomic mass is 16.7. The molecule has 13 N–H and O–H groups in total. The zero-order chi connectivity index (χ0) is 35.6. The number of aliphatic hydroxyl groups is 7. The van der Waals surface area contributed by atoms with Crippen molar-refractivity contribution in [2.75, 3.05) is 13.2 Å². The number of hydrogen-bond acceptors (Lipinski definition) is 17. The van der Waals surface area contributed by atoms with Crippen LogP contribution in [0.5, 0.6) is 0 Å². The van der Waals surface area contributed by atoms with E-state index in [1.54, 1.807) is 41.5 Å². The Balaban J connectivity index is 1.84. The van der Waals surface area contributed by atoms with Crippen LogP contribution in [-0.4, -0.2) is 164 Å². The molecule has 2 amide bonds. The number of aliphatic hydroxyl groups excluding tert-OH is 7. The SMILES string of the molecule is CC(C)(C)OC(=O)NCC1OC(OC2C(NC(=O)OC(C)(C)C)CC(N)C(OC3OC(CO)C(O)C(N)C3O)C2O)C(O)C(O)C1O. The molecule has 0 aromatic heterocycles. The molecule has 0 spiro atoms. The van der Waals surface area contributed by atoms with Crippen LogP contribution in [0.15, 0.2) is 0 Å². The first-order valence-corrected chi connectivity index (χ1v) is 15.4. The number of alkyl carbamates (subject to hydrolysis) is 2. The Labute approximate surface area is 272 Å². The summed E-state index contributed by atoms with van der Waals surface area (Å²) in [5.41, 5.74) is 10.5. The molecule has 0 aromatic rings.